The van der Waals surface area contributed by atoms with Crippen molar-refractivity contribution in [3.63, 3.8) is 0 Å². The molecule has 5 nitrogen and oxygen atoms in total. The summed E-state index contributed by atoms with van der Waals surface area (Å²) in [6.07, 6.45) is 0.546. The minimum Gasteiger partial charge on any atom is -0.481 e. The molecule has 4 fully saturated rings. The minimum absolute atomic E-state index is 0.0334. The first-order chi connectivity index (χ1) is 17.8. The second-order valence-corrected chi connectivity index (χ2v) is 12.5. The smallest absolute Gasteiger partial charge is 0.311 e. The van der Waals surface area contributed by atoms with E-state index in [1.807, 2.05) is 4.90 Å². The van der Waals surface area contributed by atoms with Crippen LogP contribution < -0.4 is 0 Å². The van der Waals surface area contributed by atoms with Crippen LogP contribution in [0.1, 0.15) is 38.7 Å². The summed E-state index contributed by atoms with van der Waals surface area (Å²) in [6, 6.07) is 3.21. The largest absolute Gasteiger partial charge is 0.481 e. The van der Waals surface area contributed by atoms with E-state index in [4.69, 9.17) is 0 Å². The molecular formula is C29H31F4NO4. The van der Waals surface area contributed by atoms with E-state index in [0.717, 1.165) is 12.1 Å². The predicted molar refractivity (Wildman–Crippen MR) is 129 cm³/mol. The molecule has 1 aromatic rings. The fourth-order valence-electron chi connectivity index (χ4n) is 9.31. The normalized spacial score (nSPS) is 45.7. The molecule has 1 aromatic carbocycles. The molecule has 38 heavy (non-hydrogen) atoms. The Kier molecular flexibility index (Phi) is 5.42. The number of carboxylic acid groups (broad SMARTS) is 1. The molecule has 1 heterocycles. The Bertz CT molecular complexity index is 1280. The fourth-order valence-corrected chi connectivity index (χ4v) is 9.31. The lowest BCUT2D eigenvalue weighted by atomic mass is 9.43. The zero-order valence-corrected chi connectivity index (χ0v) is 21.3. The summed E-state index contributed by atoms with van der Waals surface area (Å²) in [6.45, 7) is 3.86. The van der Waals surface area contributed by atoms with Gasteiger partial charge < -0.3 is 10.2 Å². The molecule has 0 radical (unpaired) electrons. The third-order valence-electron chi connectivity index (χ3n) is 10.9. The quantitative estimate of drug-likeness (QED) is 0.564. The summed E-state index contributed by atoms with van der Waals surface area (Å²) >= 11 is 0. The van der Waals surface area contributed by atoms with Crippen LogP contribution in [0.2, 0.25) is 0 Å². The lowest BCUT2D eigenvalue weighted by Gasteiger charge is -2.63. The predicted octanol–water partition coefficient (Wildman–Crippen LogP) is 4.40. The maximum Gasteiger partial charge on any atom is 0.311 e. The number of carbonyl (C=O) groups excluding carboxylic acids is 1. The lowest BCUT2D eigenvalue weighted by molar-refractivity contribution is -0.215. The van der Waals surface area contributed by atoms with E-state index in [-0.39, 0.29) is 31.5 Å². The molecular weight excluding hydrogens is 502 g/mol. The molecule has 9 heteroatoms. The molecule has 3 saturated carbocycles. The van der Waals surface area contributed by atoms with E-state index >= 15 is 8.78 Å². The highest BCUT2D eigenvalue weighted by Crippen LogP contribution is 2.74. The number of allylic oxidation sites excluding steroid dienone is 4. The van der Waals surface area contributed by atoms with Crippen molar-refractivity contribution < 1.29 is 37.4 Å². The topological polar surface area (TPSA) is 77.8 Å². The van der Waals surface area contributed by atoms with Gasteiger partial charge in [-0.1, -0.05) is 13.0 Å². The van der Waals surface area contributed by atoms with E-state index in [1.165, 1.54) is 31.2 Å². The Labute approximate surface area is 218 Å². The van der Waals surface area contributed by atoms with Gasteiger partial charge in [0, 0.05) is 37.0 Å². The van der Waals surface area contributed by atoms with Gasteiger partial charge >= 0.3 is 5.97 Å². The van der Waals surface area contributed by atoms with Crippen LogP contribution in [0.15, 0.2) is 42.0 Å². The third kappa shape index (κ3) is 3.06. The van der Waals surface area contributed by atoms with E-state index < -0.39 is 75.3 Å². The van der Waals surface area contributed by atoms with Gasteiger partial charge in [0.2, 0.25) is 0 Å². The number of likely N-dealkylation sites (tertiary alicyclic amines) is 1. The number of halogens is 4. The summed E-state index contributed by atoms with van der Waals surface area (Å²) in [7, 11) is 0. The highest BCUT2D eigenvalue weighted by atomic mass is 19.2. The standard InChI is InChI=1S/C29H31F4NO4/c1-26-4-3-19(35)9-22(26)23(32)10-21-20-7-16-13-34(12-15-5-17(30)8-18(31)6-15)14-28(16,25(37)38)27(20,2)11-24(36)29(21,26)33/h3-6,8-9,16,20-21,23-24,36H,7,10-14H2,1-2H3,(H,37,38)/t16-,20-,21-,23-,24-,26-,27-,28+,29-/m0/s1. The molecule has 5 aliphatic rings. The summed E-state index contributed by atoms with van der Waals surface area (Å²) in [5, 5.41) is 22.1. The number of aliphatic hydroxyl groups is 1. The number of hydrogen-bond donors (Lipinski definition) is 2. The van der Waals surface area contributed by atoms with Gasteiger partial charge in [0.15, 0.2) is 11.5 Å². The van der Waals surface area contributed by atoms with E-state index in [0.29, 0.717) is 18.5 Å². The molecule has 6 rings (SSSR count). The average molecular weight is 534 g/mol. The van der Waals surface area contributed by atoms with Crippen LogP contribution in [0.25, 0.3) is 0 Å². The first-order valence-electron chi connectivity index (χ1n) is 13.1. The monoisotopic (exact) mass is 533 g/mol. The first-order valence-corrected chi connectivity index (χ1v) is 13.1. The molecule has 2 N–H and O–H groups in total. The van der Waals surface area contributed by atoms with Crippen LogP contribution in [-0.4, -0.2) is 57.9 Å². The van der Waals surface area contributed by atoms with E-state index in [1.54, 1.807) is 6.92 Å². The minimum atomic E-state index is -2.26. The van der Waals surface area contributed by atoms with Gasteiger partial charge in [0.1, 0.15) is 17.8 Å². The molecule has 4 aliphatic carbocycles. The Morgan fingerprint density at radius 3 is 2.47 bits per heavy atom. The van der Waals surface area contributed by atoms with Crippen LogP contribution in [0, 0.1) is 45.6 Å². The number of carbonyl (C=O) groups is 2. The molecule has 204 valence electrons. The average Bonchev–Trinajstić information content (AvgIpc) is 3.29. The lowest BCUT2D eigenvalue weighted by Crippen LogP contribution is -2.69. The molecule has 0 unspecified atom stereocenters. The summed E-state index contributed by atoms with van der Waals surface area (Å²) < 4.78 is 60.5. The Morgan fingerprint density at radius 1 is 1.13 bits per heavy atom. The second-order valence-electron chi connectivity index (χ2n) is 12.5. The first kappa shape index (κ1) is 25.7. The van der Waals surface area contributed by atoms with Gasteiger partial charge in [-0.25, -0.2) is 17.6 Å². The molecule has 0 spiro atoms. The number of aliphatic carboxylic acids is 1. The van der Waals surface area contributed by atoms with E-state index in [2.05, 4.69) is 0 Å². The van der Waals surface area contributed by atoms with Crippen LogP contribution in [-0.2, 0) is 16.1 Å². The maximum absolute atomic E-state index is 17.3. The zero-order chi connectivity index (χ0) is 27.4. The van der Waals surface area contributed by atoms with Gasteiger partial charge in [-0.2, -0.15) is 0 Å². The maximum atomic E-state index is 17.3. The van der Waals surface area contributed by atoms with Crippen LogP contribution in [0.3, 0.4) is 0 Å². The van der Waals surface area contributed by atoms with Crippen LogP contribution in [0.4, 0.5) is 17.6 Å². The Balaban J connectivity index is 1.38. The number of rotatable bonds is 3. The van der Waals surface area contributed by atoms with Crippen LogP contribution >= 0.6 is 0 Å². The number of benzene rings is 1. The zero-order valence-electron chi connectivity index (χ0n) is 21.3. The molecule has 1 saturated heterocycles. The molecule has 0 amide bonds. The third-order valence-corrected chi connectivity index (χ3v) is 10.9. The van der Waals surface area contributed by atoms with Gasteiger partial charge in [-0.05, 0) is 78.9 Å². The van der Waals surface area contributed by atoms with Crippen LogP contribution in [0.5, 0.6) is 0 Å². The SMILES string of the molecule is C[C@]12C=CC(=O)C=C1[C@@H](F)C[C@H]1[C@@H]3C[C@H]4CN(Cc5cc(F)cc(F)c5)C[C@@]4(C(=O)O)[C@@]3(C)C[C@H](O)[C@@]12F. The Morgan fingerprint density at radius 2 is 1.82 bits per heavy atom. The van der Waals surface area contributed by atoms with Crippen molar-refractivity contribution in [2.45, 2.75) is 57.6 Å². The van der Waals surface area contributed by atoms with Crippen molar-refractivity contribution >= 4 is 11.8 Å². The number of hydrogen-bond acceptors (Lipinski definition) is 4. The summed E-state index contributed by atoms with van der Waals surface area (Å²) in [4.78, 5) is 26.9. The number of nitrogens with zero attached hydrogens (tertiary/aromatic N) is 1. The summed E-state index contributed by atoms with van der Waals surface area (Å²) in [5.41, 5.74) is -5.75. The van der Waals surface area contributed by atoms with Crippen molar-refractivity contribution in [2.75, 3.05) is 13.1 Å². The fraction of sp³-hybridized carbons (Fsp3) is 0.586. The molecule has 1 aliphatic heterocycles. The highest BCUT2D eigenvalue weighted by Gasteiger charge is 2.78. The summed E-state index contributed by atoms with van der Waals surface area (Å²) in [5.74, 6) is -4.76. The van der Waals surface area contributed by atoms with Crippen molar-refractivity contribution in [3.05, 3.63) is 59.2 Å². The number of fused-ring (bicyclic) bond motifs is 7. The number of alkyl halides is 2. The number of carboxylic acids is 1. The number of ketones is 1. The van der Waals surface area contributed by atoms with Gasteiger partial charge in [-0.3, -0.25) is 14.5 Å². The van der Waals surface area contributed by atoms with E-state index in [9.17, 15) is 28.6 Å². The van der Waals surface area contributed by atoms with Crippen molar-refractivity contribution in [3.8, 4) is 0 Å². The van der Waals surface area contributed by atoms with Gasteiger partial charge in [0.05, 0.1) is 11.5 Å². The molecule has 9 atom stereocenters. The molecule has 0 bridgehead atoms. The van der Waals surface area contributed by atoms with Crippen molar-refractivity contribution in [1.29, 1.82) is 0 Å². The number of aliphatic hydroxyl groups excluding tert-OH is 1. The second kappa shape index (κ2) is 8.01. The molecule has 0 aromatic heterocycles. The van der Waals surface area contributed by atoms with Gasteiger partial charge in [0.25, 0.3) is 0 Å². The van der Waals surface area contributed by atoms with Gasteiger partial charge in [-0.15, -0.1) is 0 Å². The van der Waals surface area contributed by atoms with Crippen molar-refractivity contribution in [2.24, 2.45) is 34.0 Å². The highest BCUT2D eigenvalue weighted by molar-refractivity contribution is 6.01. The van der Waals surface area contributed by atoms with Crippen molar-refractivity contribution in [1.82, 2.24) is 4.90 Å². The Hall–Kier alpha value is -2.52.